The predicted molar refractivity (Wildman–Crippen MR) is 123 cm³/mol. The van der Waals surface area contributed by atoms with Gasteiger partial charge in [-0.1, -0.05) is 48.5 Å². The van der Waals surface area contributed by atoms with Crippen molar-refractivity contribution in [1.82, 2.24) is 0 Å². The second-order valence-electron chi connectivity index (χ2n) is 7.37. The van der Waals surface area contributed by atoms with Crippen LogP contribution in [0.4, 0.5) is 17.1 Å². The van der Waals surface area contributed by atoms with Crippen molar-refractivity contribution < 1.29 is 5.11 Å². The van der Waals surface area contributed by atoms with Crippen LogP contribution in [0.2, 0.25) is 0 Å². The van der Waals surface area contributed by atoms with Gasteiger partial charge in [-0.15, -0.1) is 6.58 Å². The minimum atomic E-state index is -0.00535. The maximum atomic E-state index is 11.0. The first-order valence-corrected chi connectivity index (χ1v) is 10.3. The van der Waals surface area contributed by atoms with E-state index in [1.807, 2.05) is 12.1 Å². The Bertz CT molecular complexity index is 975. The molecule has 0 fully saturated rings. The molecule has 1 aliphatic heterocycles. The second kappa shape index (κ2) is 8.04. The molecule has 0 saturated heterocycles. The van der Waals surface area contributed by atoms with E-state index in [4.69, 9.17) is 0 Å². The Labute approximate surface area is 173 Å². The highest BCUT2D eigenvalue weighted by Crippen LogP contribution is 2.50. The summed E-state index contributed by atoms with van der Waals surface area (Å²) in [4.78, 5) is 4.55. The van der Waals surface area contributed by atoms with Gasteiger partial charge in [0.1, 0.15) is 5.75 Å². The molecule has 1 heterocycles. The Kier molecular flexibility index (Phi) is 5.30. The number of anilines is 3. The first kappa shape index (κ1) is 19.1. The normalized spacial score (nSPS) is 13.0. The van der Waals surface area contributed by atoms with E-state index in [0.29, 0.717) is 5.75 Å². The lowest BCUT2D eigenvalue weighted by atomic mass is 9.80. The average Bonchev–Trinajstić information content (AvgIpc) is 2.75. The molecule has 0 atom stereocenters. The highest BCUT2D eigenvalue weighted by molar-refractivity contribution is 5.79. The molecule has 0 spiro atoms. The van der Waals surface area contributed by atoms with Crippen LogP contribution in [0, 0.1) is 0 Å². The van der Waals surface area contributed by atoms with Crippen molar-refractivity contribution >= 4 is 17.1 Å². The maximum Gasteiger partial charge on any atom is 0.121 e. The molecule has 1 aliphatic rings. The van der Waals surface area contributed by atoms with Crippen molar-refractivity contribution in [2.45, 2.75) is 19.8 Å². The van der Waals surface area contributed by atoms with Crippen molar-refractivity contribution in [3.8, 4) is 5.75 Å². The molecule has 0 amide bonds. The zero-order chi connectivity index (χ0) is 20.4. The number of phenolic OH excluding ortho intramolecular Hbond substituents is 1. The molecule has 0 aliphatic carbocycles. The molecule has 3 aromatic rings. The van der Waals surface area contributed by atoms with Gasteiger partial charge >= 0.3 is 0 Å². The van der Waals surface area contributed by atoms with Gasteiger partial charge in [0.05, 0.1) is 0 Å². The number of hydrogen-bond acceptors (Lipinski definition) is 3. The number of aromatic hydroxyl groups is 1. The minimum Gasteiger partial charge on any atom is -0.508 e. The highest BCUT2D eigenvalue weighted by Gasteiger charge is 2.32. The fourth-order valence-electron chi connectivity index (χ4n) is 4.47. The van der Waals surface area contributed by atoms with Gasteiger partial charge in [-0.05, 0) is 43.2 Å². The number of para-hydroxylation sites is 2. The van der Waals surface area contributed by atoms with Gasteiger partial charge < -0.3 is 14.9 Å². The Morgan fingerprint density at radius 1 is 0.897 bits per heavy atom. The zero-order valence-electron chi connectivity index (χ0n) is 17.2. The summed E-state index contributed by atoms with van der Waals surface area (Å²) in [5.41, 5.74) is 6.76. The van der Waals surface area contributed by atoms with Crippen LogP contribution in [-0.4, -0.2) is 24.7 Å². The second-order valence-corrected chi connectivity index (χ2v) is 7.37. The third kappa shape index (κ3) is 3.27. The van der Waals surface area contributed by atoms with Gasteiger partial charge in [-0.2, -0.15) is 0 Å². The first-order chi connectivity index (χ1) is 14.2. The summed E-state index contributed by atoms with van der Waals surface area (Å²) in [6, 6.07) is 23.1. The summed E-state index contributed by atoms with van der Waals surface area (Å²) in [5, 5.41) is 11.0. The Morgan fingerprint density at radius 2 is 1.48 bits per heavy atom. The smallest absolute Gasteiger partial charge is 0.121 e. The SMILES string of the molecule is C=CCN1c2ccccc2C(c2ccc(N(CC)CC)cc2O)c2ccccc21. The third-order valence-corrected chi connectivity index (χ3v) is 5.84. The molecular weight excluding hydrogens is 356 g/mol. The number of fused-ring (bicyclic) bond motifs is 2. The van der Waals surface area contributed by atoms with Crippen LogP contribution in [0.5, 0.6) is 5.75 Å². The monoisotopic (exact) mass is 384 g/mol. The maximum absolute atomic E-state index is 11.0. The Hall–Kier alpha value is -3.20. The molecule has 0 radical (unpaired) electrons. The van der Waals surface area contributed by atoms with E-state index in [-0.39, 0.29) is 5.92 Å². The molecule has 0 bridgehead atoms. The largest absolute Gasteiger partial charge is 0.508 e. The van der Waals surface area contributed by atoms with Crippen molar-refractivity contribution in [2.75, 3.05) is 29.4 Å². The fraction of sp³-hybridized carbons (Fsp3) is 0.231. The van der Waals surface area contributed by atoms with E-state index >= 15 is 0 Å². The molecule has 1 N–H and O–H groups in total. The summed E-state index contributed by atoms with van der Waals surface area (Å²) in [7, 11) is 0. The minimum absolute atomic E-state index is 0.00535. The molecule has 3 nitrogen and oxygen atoms in total. The van der Waals surface area contributed by atoms with Crippen LogP contribution >= 0.6 is 0 Å². The molecule has 3 heteroatoms. The quantitative estimate of drug-likeness (QED) is 0.524. The molecule has 29 heavy (non-hydrogen) atoms. The Balaban J connectivity index is 1.89. The fourth-order valence-corrected chi connectivity index (χ4v) is 4.47. The predicted octanol–water partition coefficient (Wildman–Crippen LogP) is 6.06. The summed E-state index contributed by atoms with van der Waals surface area (Å²) < 4.78 is 0. The number of benzene rings is 3. The summed E-state index contributed by atoms with van der Waals surface area (Å²) in [5.74, 6) is 0.343. The number of rotatable bonds is 6. The van der Waals surface area contributed by atoms with E-state index in [1.54, 1.807) is 0 Å². The zero-order valence-corrected chi connectivity index (χ0v) is 17.2. The van der Waals surface area contributed by atoms with Crippen molar-refractivity contribution in [3.63, 3.8) is 0 Å². The first-order valence-electron chi connectivity index (χ1n) is 10.3. The van der Waals surface area contributed by atoms with Crippen LogP contribution in [0.1, 0.15) is 36.5 Å². The molecule has 4 rings (SSSR count). The number of phenols is 1. The molecular formula is C26H28N2O. The molecule has 0 saturated carbocycles. The van der Waals surface area contributed by atoms with Crippen LogP contribution in [0.15, 0.2) is 79.4 Å². The number of nitrogens with zero attached hydrogens (tertiary/aromatic N) is 2. The molecule has 0 aromatic heterocycles. The van der Waals surface area contributed by atoms with E-state index < -0.39 is 0 Å². The van der Waals surface area contributed by atoms with Gasteiger partial charge in [0.15, 0.2) is 0 Å². The van der Waals surface area contributed by atoms with Gasteiger partial charge in [0, 0.05) is 54.2 Å². The van der Waals surface area contributed by atoms with Crippen LogP contribution < -0.4 is 9.80 Å². The lowest BCUT2D eigenvalue weighted by Gasteiger charge is -2.37. The van der Waals surface area contributed by atoms with Gasteiger partial charge in [0.2, 0.25) is 0 Å². The van der Waals surface area contributed by atoms with Crippen molar-refractivity contribution in [2.24, 2.45) is 0 Å². The van der Waals surface area contributed by atoms with E-state index in [1.165, 1.54) is 22.5 Å². The van der Waals surface area contributed by atoms with E-state index in [2.05, 4.69) is 90.9 Å². The lowest BCUT2D eigenvalue weighted by Crippen LogP contribution is -2.26. The average molecular weight is 385 g/mol. The summed E-state index contributed by atoms with van der Waals surface area (Å²) in [6.45, 7) is 10.8. The van der Waals surface area contributed by atoms with Crippen molar-refractivity contribution in [1.29, 1.82) is 0 Å². The lowest BCUT2D eigenvalue weighted by molar-refractivity contribution is 0.467. The molecule has 148 valence electrons. The molecule has 3 aromatic carbocycles. The van der Waals surface area contributed by atoms with Crippen LogP contribution in [-0.2, 0) is 0 Å². The highest BCUT2D eigenvalue weighted by atomic mass is 16.3. The van der Waals surface area contributed by atoms with Crippen LogP contribution in [0.3, 0.4) is 0 Å². The van der Waals surface area contributed by atoms with Gasteiger partial charge in [0.25, 0.3) is 0 Å². The topological polar surface area (TPSA) is 26.7 Å². The Morgan fingerprint density at radius 3 is 2.00 bits per heavy atom. The van der Waals surface area contributed by atoms with Crippen LogP contribution in [0.25, 0.3) is 0 Å². The summed E-state index contributed by atoms with van der Waals surface area (Å²) in [6.07, 6.45) is 1.93. The third-order valence-electron chi connectivity index (χ3n) is 5.84. The van der Waals surface area contributed by atoms with Gasteiger partial charge in [-0.25, -0.2) is 0 Å². The van der Waals surface area contributed by atoms with Gasteiger partial charge in [-0.3, -0.25) is 0 Å². The standard InChI is InChI=1S/C26H28N2O/c1-4-17-28-23-13-9-7-11-20(23)26(21-12-8-10-14-24(21)28)22-16-15-19(18-25(22)29)27(5-2)6-3/h4,7-16,18,26,29H,1,5-6,17H2,2-3H3. The van der Waals surface area contributed by atoms with E-state index in [0.717, 1.165) is 30.9 Å². The van der Waals surface area contributed by atoms with E-state index in [9.17, 15) is 5.11 Å². The number of hydrogen-bond donors (Lipinski definition) is 1. The van der Waals surface area contributed by atoms with Crippen molar-refractivity contribution in [3.05, 3.63) is 96.1 Å². The molecule has 0 unspecified atom stereocenters. The summed E-state index contributed by atoms with van der Waals surface area (Å²) >= 11 is 0.